The second-order valence-electron chi connectivity index (χ2n) is 13.8. The van der Waals surface area contributed by atoms with Crippen molar-refractivity contribution in [1.29, 1.82) is 0 Å². The normalized spacial score (nSPS) is 10.9. The van der Waals surface area contributed by atoms with Crippen LogP contribution in [0.15, 0.2) is 158 Å². The Morgan fingerprint density at radius 2 is 1.00 bits per heavy atom. The molecule has 16 heteroatoms. The standard InChI is InChI=1S/C47H46N2O13S/c1-6-11-34-26-38(21-23-40(34)50)63(56,57)39-22-24-41(35(27-39)12-7-2)62-46(55)49-37-19-15-33(16-20-37)25-32-13-17-36(18-14-32)48-45(54)61-31-47(28-58-42(51)8-3,29-59-43(52)9-4)30-60-44(53)10-5/h6-10,13-24,26-27,50H,1-5,11-12,25,28-31H2,(H,48,54)(H,49,55). The molecule has 4 aromatic rings. The van der Waals surface area contributed by atoms with Crippen molar-refractivity contribution >= 4 is 51.3 Å². The van der Waals surface area contributed by atoms with Crippen molar-refractivity contribution in [3.8, 4) is 11.5 Å². The first-order valence-corrected chi connectivity index (χ1v) is 20.5. The Balaban J connectivity index is 1.35. The van der Waals surface area contributed by atoms with Crippen LogP contribution in [0.4, 0.5) is 21.0 Å². The minimum atomic E-state index is -3.98. The maximum atomic E-state index is 13.5. The van der Waals surface area contributed by atoms with Gasteiger partial charge in [0.05, 0.1) is 9.79 Å². The first-order valence-electron chi connectivity index (χ1n) is 19.0. The number of allylic oxidation sites excluding steroid dienone is 2. The van der Waals surface area contributed by atoms with Crippen molar-refractivity contribution in [2.45, 2.75) is 29.1 Å². The van der Waals surface area contributed by atoms with Gasteiger partial charge in [0.25, 0.3) is 0 Å². The molecule has 0 radical (unpaired) electrons. The maximum absolute atomic E-state index is 13.5. The fourth-order valence-electron chi connectivity index (χ4n) is 5.68. The summed E-state index contributed by atoms with van der Waals surface area (Å²) in [6.45, 7) is 15.4. The highest BCUT2D eigenvalue weighted by Crippen LogP contribution is 2.31. The number of nitrogens with one attached hydrogen (secondary N) is 2. The zero-order valence-corrected chi connectivity index (χ0v) is 35.0. The SMILES string of the molecule is C=CCc1cc(S(=O)(=O)c2ccc(OC(=O)Nc3ccc(Cc4ccc(NC(=O)OCC(COC(=O)C=C)(COC(=O)C=C)COC(=O)C=C)cc4)cc3)c(CC=C)c2)ccc1O. The molecule has 0 aromatic heterocycles. The number of hydrogen-bond acceptors (Lipinski definition) is 13. The maximum Gasteiger partial charge on any atom is 0.417 e. The molecular formula is C47H46N2O13S. The molecule has 2 amide bonds. The number of anilines is 2. The molecule has 3 N–H and O–H groups in total. The van der Waals surface area contributed by atoms with E-state index in [0.717, 1.165) is 29.4 Å². The lowest BCUT2D eigenvalue weighted by atomic mass is 9.92. The Morgan fingerprint density at radius 1 is 0.571 bits per heavy atom. The number of phenolic OH excluding ortho intramolecular Hbond substituents is 1. The number of amides is 2. The van der Waals surface area contributed by atoms with E-state index in [1.807, 2.05) is 12.1 Å². The number of carbonyl (C=O) groups is 5. The third-order valence-electron chi connectivity index (χ3n) is 9.01. The molecule has 4 rings (SSSR count). The highest BCUT2D eigenvalue weighted by Gasteiger charge is 2.37. The van der Waals surface area contributed by atoms with Crippen LogP contribution in [0.1, 0.15) is 22.3 Å². The Bertz CT molecular complexity index is 2420. The van der Waals surface area contributed by atoms with E-state index in [0.29, 0.717) is 28.9 Å². The van der Waals surface area contributed by atoms with Crippen LogP contribution in [0.3, 0.4) is 0 Å². The molecule has 0 spiro atoms. The number of carbonyl (C=O) groups excluding carboxylic acids is 5. The summed E-state index contributed by atoms with van der Waals surface area (Å²) in [7, 11) is -3.98. The summed E-state index contributed by atoms with van der Waals surface area (Å²) in [6.07, 6.45) is 5.12. The Hall–Kier alpha value is -7.72. The Labute approximate surface area is 364 Å². The predicted octanol–water partition coefficient (Wildman–Crippen LogP) is 7.61. The molecule has 0 saturated carbocycles. The smallest absolute Gasteiger partial charge is 0.417 e. The summed E-state index contributed by atoms with van der Waals surface area (Å²) in [5, 5.41) is 15.3. The monoisotopic (exact) mass is 878 g/mol. The lowest BCUT2D eigenvalue weighted by molar-refractivity contribution is -0.158. The molecule has 0 unspecified atom stereocenters. The van der Waals surface area contributed by atoms with Gasteiger partial charge in [0, 0.05) is 35.2 Å². The zero-order valence-electron chi connectivity index (χ0n) is 34.2. The number of esters is 3. The molecule has 0 saturated heterocycles. The van der Waals surface area contributed by atoms with Gasteiger partial charge in [-0.3, -0.25) is 10.6 Å². The van der Waals surface area contributed by atoms with Crippen molar-refractivity contribution in [2.24, 2.45) is 5.41 Å². The Kier molecular flexibility index (Phi) is 17.3. The highest BCUT2D eigenvalue weighted by molar-refractivity contribution is 7.91. The van der Waals surface area contributed by atoms with Gasteiger partial charge in [0.15, 0.2) is 0 Å². The van der Waals surface area contributed by atoms with Gasteiger partial charge in [-0.1, -0.05) is 56.2 Å². The van der Waals surface area contributed by atoms with Crippen molar-refractivity contribution in [3.63, 3.8) is 0 Å². The fourth-order valence-corrected chi connectivity index (χ4v) is 7.05. The molecular weight excluding hydrogens is 833 g/mol. The number of rotatable bonds is 22. The lowest BCUT2D eigenvalue weighted by Gasteiger charge is -2.31. The van der Waals surface area contributed by atoms with Gasteiger partial charge < -0.3 is 28.8 Å². The lowest BCUT2D eigenvalue weighted by Crippen LogP contribution is -2.44. The average Bonchev–Trinajstić information content (AvgIpc) is 3.28. The topological polar surface area (TPSA) is 210 Å². The fraction of sp³-hybridized carbons (Fsp3) is 0.170. The van der Waals surface area contributed by atoms with Gasteiger partial charge in [-0.15, -0.1) is 13.2 Å². The first-order chi connectivity index (χ1) is 30.1. The minimum Gasteiger partial charge on any atom is -0.508 e. The van der Waals surface area contributed by atoms with E-state index in [4.69, 9.17) is 23.7 Å². The van der Waals surface area contributed by atoms with Crippen LogP contribution >= 0.6 is 0 Å². The summed E-state index contributed by atoms with van der Waals surface area (Å²) in [5.41, 5.74) is 1.93. The molecule has 0 fully saturated rings. The van der Waals surface area contributed by atoms with E-state index in [1.165, 1.54) is 36.4 Å². The van der Waals surface area contributed by atoms with Crippen LogP contribution in [0.2, 0.25) is 0 Å². The number of phenols is 1. The van der Waals surface area contributed by atoms with Gasteiger partial charge >= 0.3 is 30.1 Å². The average molecular weight is 879 g/mol. The van der Waals surface area contributed by atoms with E-state index in [1.54, 1.807) is 48.6 Å². The summed E-state index contributed by atoms with van der Waals surface area (Å²) in [5.74, 6) is -2.34. The van der Waals surface area contributed by atoms with Crippen LogP contribution in [-0.2, 0) is 62.4 Å². The van der Waals surface area contributed by atoms with Gasteiger partial charge in [0.2, 0.25) is 9.84 Å². The summed E-state index contributed by atoms with van der Waals surface area (Å²) >= 11 is 0. The van der Waals surface area contributed by atoms with E-state index in [2.05, 4.69) is 43.5 Å². The summed E-state index contributed by atoms with van der Waals surface area (Å²) in [4.78, 5) is 61.2. The number of hydrogen-bond donors (Lipinski definition) is 3. The van der Waals surface area contributed by atoms with Gasteiger partial charge in [-0.05, 0) is 96.6 Å². The highest BCUT2D eigenvalue weighted by atomic mass is 32.2. The minimum absolute atomic E-state index is 0.00754. The molecule has 0 aliphatic carbocycles. The molecule has 328 valence electrons. The molecule has 15 nitrogen and oxygen atoms in total. The third-order valence-corrected chi connectivity index (χ3v) is 10.8. The third kappa shape index (κ3) is 14.2. The summed E-state index contributed by atoms with van der Waals surface area (Å²) < 4.78 is 53.3. The summed E-state index contributed by atoms with van der Waals surface area (Å²) in [6, 6.07) is 22.1. The molecule has 0 bridgehead atoms. The van der Waals surface area contributed by atoms with Crippen LogP contribution in [0, 0.1) is 5.41 Å². The zero-order chi connectivity index (χ0) is 46.0. The molecule has 0 aliphatic rings. The predicted molar refractivity (Wildman–Crippen MR) is 234 cm³/mol. The molecule has 0 heterocycles. The van der Waals surface area contributed by atoms with Gasteiger partial charge in [0.1, 0.15) is 43.3 Å². The van der Waals surface area contributed by atoms with Crippen LogP contribution in [-0.4, -0.2) is 70.0 Å². The number of benzene rings is 4. The van der Waals surface area contributed by atoms with Crippen LogP contribution in [0.25, 0.3) is 0 Å². The van der Waals surface area contributed by atoms with Crippen molar-refractivity contribution in [2.75, 3.05) is 37.1 Å². The number of sulfone groups is 1. The van der Waals surface area contributed by atoms with Crippen LogP contribution < -0.4 is 15.4 Å². The number of ether oxygens (including phenoxy) is 5. The van der Waals surface area contributed by atoms with E-state index in [-0.39, 0.29) is 34.1 Å². The molecule has 4 aromatic carbocycles. The van der Waals surface area contributed by atoms with E-state index in [9.17, 15) is 37.5 Å². The van der Waals surface area contributed by atoms with E-state index >= 15 is 0 Å². The second kappa shape index (κ2) is 22.8. The van der Waals surface area contributed by atoms with Crippen LogP contribution in [0.5, 0.6) is 11.5 Å². The van der Waals surface area contributed by atoms with Crippen molar-refractivity contribution in [3.05, 3.63) is 170 Å². The quantitative estimate of drug-likeness (QED) is 0.0301. The van der Waals surface area contributed by atoms with Gasteiger partial charge in [-0.2, -0.15) is 0 Å². The Morgan fingerprint density at radius 3 is 1.48 bits per heavy atom. The second-order valence-corrected chi connectivity index (χ2v) is 15.7. The van der Waals surface area contributed by atoms with Crippen molar-refractivity contribution < 1.29 is 61.2 Å². The largest absolute Gasteiger partial charge is 0.508 e. The molecule has 0 aliphatic heterocycles. The number of aromatic hydroxyl groups is 1. The van der Waals surface area contributed by atoms with Crippen molar-refractivity contribution in [1.82, 2.24) is 0 Å². The molecule has 63 heavy (non-hydrogen) atoms. The van der Waals surface area contributed by atoms with E-state index < -0.39 is 71.8 Å². The van der Waals surface area contributed by atoms with Gasteiger partial charge in [-0.25, -0.2) is 32.4 Å². The molecule has 0 atom stereocenters. The first kappa shape index (κ1) is 48.0.